The molecule has 1 aliphatic heterocycles. The molecule has 1 saturated carbocycles. The molecule has 2 amide bonds. The van der Waals surface area contributed by atoms with E-state index < -0.39 is 35.0 Å². The number of aromatic hydroxyl groups is 1. The second-order valence-electron chi connectivity index (χ2n) is 11.9. The van der Waals surface area contributed by atoms with Crippen molar-refractivity contribution in [2.24, 2.45) is 23.7 Å². The average Bonchev–Trinajstić information content (AvgIpc) is 3.26. The molecule has 7 heteroatoms. The smallest absolute Gasteiger partial charge is 0.233 e. The predicted molar refractivity (Wildman–Crippen MR) is 159 cm³/mol. The molecule has 1 N–H and O–H groups in total. The first kappa shape index (κ1) is 27.1. The van der Waals surface area contributed by atoms with Crippen molar-refractivity contribution < 1.29 is 29.0 Å². The van der Waals surface area contributed by atoms with E-state index in [2.05, 4.69) is 0 Å². The molecule has 3 aromatic rings. The van der Waals surface area contributed by atoms with Crippen LogP contribution in [0, 0.1) is 23.7 Å². The van der Waals surface area contributed by atoms with Crippen LogP contribution in [0.5, 0.6) is 11.5 Å². The minimum absolute atomic E-state index is 0.0347. The van der Waals surface area contributed by atoms with E-state index in [0.29, 0.717) is 34.4 Å². The van der Waals surface area contributed by atoms with Gasteiger partial charge >= 0.3 is 0 Å². The lowest BCUT2D eigenvalue weighted by atomic mass is 9.44. The number of phenols is 1. The highest BCUT2D eigenvalue weighted by Crippen LogP contribution is 2.64. The topological polar surface area (TPSA) is 101 Å². The largest absolute Gasteiger partial charge is 0.508 e. The summed E-state index contributed by atoms with van der Waals surface area (Å²) in [4.78, 5) is 57.6. The van der Waals surface area contributed by atoms with Gasteiger partial charge in [-0.2, -0.15) is 0 Å². The standard InChI is InChI=1S/C36H31NO6/c1-37-34(41)24-15-14-23-26(31(24)35(37)42)18-28-33(40)25(20-9-5-3-6-10-20)19-30(39)36(28,21-11-7-4-8-12-21)32(23)27-17-22(43-2)13-16-29(27)38/h3-14,16-17,19,24,26,28,31-32,38H,15,18H2,1-2H3. The van der Waals surface area contributed by atoms with E-state index in [9.17, 15) is 24.3 Å². The number of rotatable bonds is 4. The van der Waals surface area contributed by atoms with Crippen LogP contribution in [0.4, 0.5) is 0 Å². The van der Waals surface area contributed by atoms with Gasteiger partial charge in [0.15, 0.2) is 11.6 Å². The Bertz CT molecular complexity index is 1740. The quantitative estimate of drug-likeness (QED) is 0.354. The molecular weight excluding hydrogens is 542 g/mol. The molecule has 1 heterocycles. The fourth-order valence-electron chi connectivity index (χ4n) is 8.27. The number of amides is 2. The monoisotopic (exact) mass is 573 g/mol. The lowest BCUT2D eigenvalue weighted by molar-refractivity contribution is -0.139. The molecule has 4 aliphatic rings. The fraction of sp³-hybridized carbons (Fsp3) is 0.278. The molecule has 43 heavy (non-hydrogen) atoms. The molecule has 3 aromatic carbocycles. The van der Waals surface area contributed by atoms with Crippen LogP contribution in [0.3, 0.4) is 0 Å². The first-order chi connectivity index (χ1) is 20.8. The Morgan fingerprint density at radius 1 is 0.884 bits per heavy atom. The van der Waals surface area contributed by atoms with Crippen molar-refractivity contribution in [1.82, 2.24) is 4.90 Å². The zero-order valence-electron chi connectivity index (χ0n) is 23.9. The van der Waals surface area contributed by atoms with Crippen molar-refractivity contribution in [1.29, 1.82) is 0 Å². The maximum atomic E-state index is 14.9. The van der Waals surface area contributed by atoms with Crippen molar-refractivity contribution in [2.45, 2.75) is 24.2 Å². The van der Waals surface area contributed by atoms with E-state index in [1.165, 1.54) is 31.2 Å². The van der Waals surface area contributed by atoms with Gasteiger partial charge in [-0.05, 0) is 54.2 Å². The number of hydrogen-bond acceptors (Lipinski definition) is 6. The Morgan fingerprint density at radius 3 is 2.28 bits per heavy atom. The predicted octanol–water partition coefficient (Wildman–Crippen LogP) is 4.86. The van der Waals surface area contributed by atoms with Crippen LogP contribution < -0.4 is 4.74 Å². The molecule has 0 radical (unpaired) electrons. The third kappa shape index (κ3) is 3.73. The van der Waals surface area contributed by atoms with E-state index in [1.54, 1.807) is 12.1 Å². The summed E-state index contributed by atoms with van der Waals surface area (Å²) >= 11 is 0. The third-order valence-electron chi connectivity index (χ3n) is 10.1. The molecule has 2 fully saturated rings. The minimum atomic E-state index is -1.40. The van der Waals surface area contributed by atoms with E-state index in [0.717, 1.165) is 5.57 Å². The molecule has 1 saturated heterocycles. The first-order valence-corrected chi connectivity index (χ1v) is 14.6. The highest BCUT2D eigenvalue weighted by atomic mass is 16.5. The van der Waals surface area contributed by atoms with E-state index in [4.69, 9.17) is 4.74 Å². The molecule has 6 atom stereocenters. The van der Waals surface area contributed by atoms with Crippen LogP contribution in [0.15, 0.2) is 96.6 Å². The maximum Gasteiger partial charge on any atom is 0.233 e. The number of imide groups is 1. The highest BCUT2D eigenvalue weighted by molar-refractivity contribution is 6.31. The Labute approximate surface area is 249 Å². The van der Waals surface area contributed by atoms with Crippen molar-refractivity contribution in [3.63, 3.8) is 0 Å². The number of carbonyl (C=O) groups is 4. The van der Waals surface area contributed by atoms with Crippen LogP contribution in [-0.4, -0.2) is 47.5 Å². The van der Waals surface area contributed by atoms with Gasteiger partial charge < -0.3 is 9.84 Å². The number of likely N-dealkylation sites (tertiary alicyclic amines) is 1. The molecule has 7 nitrogen and oxygen atoms in total. The Morgan fingerprint density at radius 2 is 1.58 bits per heavy atom. The second-order valence-corrected chi connectivity index (χ2v) is 11.9. The minimum Gasteiger partial charge on any atom is -0.508 e. The van der Waals surface area contributed by atoms with Gasteiger partial charge in [-0.3, -0.25) is 24.1 Å². The van der Waals surface area contributed by atoms with Crippen molar-refractivity contribution in [3.05, 3.63) is 113 Å². The molecule has 7 rings (SSSR count). The SMILES string of the molecule is COc1ccc(O)c(C2C3=CCC4C(=O)N(C)C(=O)C4C3CC3C(=O)C(c4ccccc4)=CC(=O)C32c2ccccc2)c1. The number of allylic oxidation sites excluding steroid dienone is 4. The summed E-state index contributed by atoms with van der Waals surface area (Å²) in [6.07, 6.45) is 4.02. The molecule has 216 valence electrons. The van der Waals surface area contributed by atoms with Gasteiger partial charge in [0.05, 0.1) is 24.4 Å². The summed E-state index contributed by atoms with van der Waals surface area (Å²) in [5.74, 6) is -3.72. The van der Waals surface area contributed by atoms with Crippen LogP contribution in [0.1, 0.15) is 35.4 Å². The molecule has 0 aromatic heterocycles. The summed E-state index contributed by atoms with van der Waals surface area (Å²) < 4.78 is 5.55. The molecule has 0 spiro atoms. The van der Waals surface area contributed by atoms with Gasteiger partial charge in [-0.15, -0.1) is 0 Å². The molecular formula is C36H31NO6. The number of carbonyl (C=O) groups excluding carboxylic acids is 4. The van der Waals surface area contributed by atoms with E-state index in [-0.39, 0.29) is 35.6 Å². The van der Waals surface area contributed by atoms with Crippen molar-refractivity contribution in [2.75, 3.05) is 14.2 Å². The lowest BCUT2D eigenvalue weighted by Gasteiger charge is -2.55. The second kappa shape index (κ2) is 9.90. The number of benzene rings is 3. The Balaban J connectivity index is 1.55. The van der Waals surface area contributed by atoms with Crippen LogP contribution >= 0.6 is 0 Å². The fourth-order valence-corrected chi connectivity index (χ4v) is 8.27. The number of hydrogen-bond donors (Lipinski definition) is 1. The van der Waals surface area contributed by atoms with Gasteiger partial charge in [0.25, 0.3) is 0 Å². The molecule has 3 aliphatic carbocycles. The first-order valence-electron chi connectivity index (χ1n) is 14.6. The summed E-state index contributed by atoms with van der Waals surface area (Å²) in [5.41, 5.74) is 1.51. The van der Waals surface area contributed by atoms with Crippen molar-refractivity contribution in [3.8, 4) is 11.5 Å². The number of nitrogens with zero attached hydrogens (tertiary/aromatic N) is 1. The third-order valence-corrected chi connectivity index (χ3v) is 10.1. The number of ketones is 2. The zero-order chi connectivity index (χ0) is 30.0. The van der Waals surface area contributed by atoms with Gasteiger partial charge in [-0.1, -0.05) is 72.3 Å². The summed E-state index contributed by atoms with van der Waals surface area (Å²) in [5, 5.41) is 11.4. The van der Waals surface area contributed by atoms with Crippen LogP contribution in [-0.2, 0) is 24.6 Å². The lowest BCUT2D eigenvalue weighted by Crippen LogP contribution is -2.58. The maximum absolute atomic E-state index is 14.9. The van der Waals surface area contributed by atoms with Crippen LogP contribution in [0.25, 0.3) is 5.57 Å². The number of methoxy groups -OCH3 is 1. The number of ether oxygens (including phenoxy) is 1. The normalized spacial score (nSPS) is 29.8. The molecule has 0 bridgehead atoms. The van der Waals surface area contributed by atoms with Crippen LogP contribution in [0.2, 0.25) is 0 Å². The number of fused-ring (bicyclic) bond motifs is 4. The Kier molecular flexibility index (Phi) is 6.24. The number of phenolic OH excluding ortho intramolecular Hbond substituents is 1. The van der Waals surface area contributed by atoms with Crippen molar-refractivity contribution >= 4 is 29.0 Å². The van der Waals surface area contributed by atoms with E-state index >= 15 is 0 Å². The highest BCUT2D eigenvalue weighted by Gasteiger charge is 2.66. The summed E-state index contributed by atoms with van der Waals surface area (Å²) in [7, 11) is 3.04. The average molecular weight is 574 g/mol. The number of Topliss-reactive ketones (excluding diaryl/α,β-unsaturated/α-hetero) is 1. The zero-order valence-corrected chi connectivity index (χ0v) is 23.9. The van der Waals surface area contributed by atoms with Gasteiger partial charge in [0.2, 0.25) is 11.8 Å². The van der Waals surface area contributed by atoms with E-state index in [1.807, 2.05) is 66.7 Å². The van der Waals surface area contributed by atoms with Gasteiger partial charge in [0.1, 0.15) is 11.5 Å². The molecule has 6 unspecified atom stereocenters. The van der Waals surface area contributed by atoms with Gasteiger partial charge in [-0.25, -0.2) is 0 Å². The Hall–Kier alpha value is -4.78. The summed E-state index contributed by atoms with van der Waals surface area (Å²) in [6, 6.07) is 23.4. The van der Waals surface area contributed by atoms with Gasteiger partial charge in [0, 0.05) is 30.0 Å². The summed E-state index contributed by atoms with van der Waals surface area (Å²) in [6.45, 7) is 0.